The molecule has 2 N–H and O–H groups in total. The van der Waals surface area contributed by atoms with Gasteiger partial charge in [0.05, 0.1) is 6.61 Å². The summed E-state index contributed by atoms with van der Waals surface area (Å²) in [6.07, 6.45) is 0. The van der Waals surface area contributed by atoms with E-state index in [1.807, 2.05) is 0 Å². The topological polar surface area (TPSA) is 69.6 Å². The minimum absolute atomic E-state index is 0.0122. The number of hydrogen-bond acceptors (Lipinski definition) is 3. The van der Waals surface area contributed by atoms with Crippen LogP contribution in [0.2, 0.25) is 5.02 Å². The lowest BCUT2D eigenvalue weighted by Gasteiger charge is -2.21. The van der Waals surface area contributed by atoms with Crippen LogP contribution in [-0.4, -0.2) is 41.5 Å². The molecule has 0 unspecified atom stereocenters. The third-order valence-electron chi connectivity index (χ3n) is 3.21. The predicted octanol–water partition coefficient (Wildman–Crippen LogP) is 2.55. The third kappa shape index (κ3) is 5.04. The third-order valence-corrected chi connectivity index (χ3v) is 3.46. The molecular weight excluding hydrogens is 335 g/mol. The molecule has 2 aromatic carbocycles. The Morgan fingerprint density at radius 1 is 1.08 bits per heavy atom. The van der Waals surface area contributed by atoms with Crippen LogP contribution in [0.15, 0.2) is 48.5 Å². The number of rotatable bonds is 6. The first-order valence-electron chi connectivity index (χ1n) is 7.20. The van der Waals surface area contributed by atoms with Crippen molar-refractivity contribution in [3.05, 3.63) is 64.9 Å². The zero-order chi connectivity index (χ0) is 17.5. The number of nitrogens with one attached hydrogen (secondary N) is 1. The molecule has 0 fully saturated rings. The highest BCUT2D eigenvalue weighted by atomic mass is 35.5. The molecule has 24 heavy (non-hydrogen) atoms. The number of anilines is 1. The normalized spacial score (nSPS) is 10.3. The molecule has 0 aliphatic rings. The summed E-state index contributed by atoms with van der Waals surface area (Å²) in [6, 6.07) is 11.5. The Kier molecular flexibility index (Phi) is 6.28. The summed E-state index contributed by atoms with van der Waals surface area (Å²) in [5.74, 6) is -1.25. The lowest BCUT2D eigenvalue weighted by Crippen LogP contribution is -2.39. The number of nitrogens with zero attached hydrogens (tertiary/aromatic N) is 1. The van der Waals surface area contributed by atoms with Gasteiger partial charge in [0.1, 0.15) is 12.4 Å². The van der Waals surface area contributed by atoms with Gasteiger partial charge in [-0.15, -0.1) is 0 Å². The van der Waals surface area contributed by atoms with Gasteiger partial charge < -0.3 is 15.3 Å². The van der Waals surface area contributed by atoms with Crippen molar-refractivity contribution >= 4 is 29.1 Å². The number of halogens is 2. The van der Waals surface area contributed by atoms with Gasteiger partial charge >= 0.3 is 0 Å². The maximum atomic E-state index is 12.9. The molecule has 2 aromatic rings. The molecule has 0 atom stereocenters. The van der Waals surface area contributed by atoms with Crippen molar-refractivity contribution in [1.29, 1.82) is 0 Å². The average Bonchev–Trinajstić information content (AvgIpc) is 2.56. The summed E-state index contributed by atoms with van der Waals surface area (Å²) >= 11 is 5.79. The largest absolute Gasteiger partial charge is 0.395 e. The van der Waals surface area contributed by atoms with Gasteiger partial charge in [-0.1, -0.05) is 11.6 Å². The molecule has 126 valence electrons. The van der Waals surface area contributed by atoms with Crippen LogP contribution in [-0.2, 0) is 4.79 Å². The second-order valence-corrected chi connectivity index (χ2v) is 5.45. The van der Waals surface area contributed by atoms with Crippen molar-refractivity contribution in [3.63, 3.8) is 0 Å². The Labute approximate surface area is 143 Å². The van der Waals surface area contributed by atoms with Gasteiger partial charge in [-0.25, -0.2) is 4.39 Å². The van der Waals surface area contributed by atoms with E-state index in [2.05, 4.69) is 5.32 Å². The van der Waals surface area contributed by atoms with Gasteiger partial charge in [0.2, 0.25) is 5.91 Å². The molecule has 0 heterocycles. The van der Waals surface area contributed by atoms with Crippen LogP contribution in [0.4, 0.5) is 10.1 Å². The van der Waals surface area contributed by atoms with Gasteiger partial charge in [0.15, 0.2) is 0 Å². The highest BCUT2D eigenvalue weighted by molar-refractivity contribution is 6.30. The van der Waals surface area contributed by atoms with E-state index in [9.17, 15) is 14.0 Å². The van der Waals surface area contributed by atoms with Crippen molar-refractivity contribution in [2.75, 3.05) is 25.0 Å². The van der Waals surface area contributed by atoms with Crippen LogP contribution in [0.25, 0.3) is 0 Å². The van der Waals surface area contributed by atoms with Gasteiger partial charge in [-0.2, -0.15) is 0 Å². The van der Waals surface area contributed by atoms with E-state index in [1.165, 1.54) is 29.2 Å². The molecule has 0 aromatic heterocycles. The van der Waals surface area contributed by atoms with E-state index in [0.717, 1.165) is 0 Å². The summed E-state index contributed by atoms with van der Waals surface area (Å²) in [6.45, 7) is -0.499. The molecule has 0 spiro atoms. The van der Waals surface area contributed by atoms with E-state index in [4.69, 9.17) is 16.7 Å². The Morgan fingerprint density at radius 2 is 1.71 bits per heavy atom. The fourth-order valence-electron chi connectivity index (χ4n) is 2.06. The monoisotopic (exact) mass is 350 g/mol. The molecule has 0 bridgehead atoms. The molecule has 0 aliphatic heterocycles. The zero-order valence-electron chi connectivity index (χ0n) is 12.7. The molecular formula is C17H16ClFN2O3. The fourth-order valence-corrected chi connectivity index (χ4v) is 2.18. The first-order chi connectivity index (χ1) is 11.5. The highest BCUT2D eigenvalue weighted by Gasteiger charge is 2.18. The zero-order valence-corrected chi connectivity index (χ0v) is 13.5. The first kappa shape index (κ1) is 17.9. The molecule has 0 radical (unpaired) electrons. The standard InChI is InChI=1S/C17H16ClFN2O3/c18-13-3-1-12(2-4-13)17(24)21(9-10-22)11-16(23)20-15-7-5-14(19)6-8-15/h1-8,22H,9-11H2,(H,20,23). The Hall–Kier alpha value is -2.44. The van der Waals surface area contributed by atoms with Crippen molar-refractivity contribution < 1.29 is 19.1 Å². The Morgan fingerprint density at radius 3 is 2.29 bits per heavy atom. The summed E-state index contributed by atoms with van der Waals surface area (Å²) in [5.41, 5.74) is 0.784. The predicted molar refractivity (Wildman–Crippen MR) is 89.5 cm³/mol. The molecule has 2 rings (SSSR count). The quantitative estimate of drug-likeness (QED) is 0.841. The number of amides is 2. The van der Waals surface area contributed by atoms with Crippen molar-refractivity contribution in [3.8, 4) is 0 Å². The van der Waals surface area contributed by atoms with Crippen molar-refractivity contribution in [2.45, 2.75) is 0 Å². The molecule has 0 saturated heterocycles. The maximum absolute atomic E-state index is 12.9. The SMILES string of the molecule is O=C(CN(CCO)C(=O)c1ccc(Cl)cc1)Nc1ccc(F)cc1. The van der Waals surface area contributed by atoms with Crippen LogP contribution >= 0.6 is 11.6 Å². The van der Waals surface area contributed by atoms with Gasteiger partial charge in [-0.05, 0) is 48.5 Å². The molecule has 5 nitrogen and oxygen atoms in total. The number of benzene rings is 2. The van der Waals surface area contributed by atoms with Gasteiger partial charge in [0, 0.05) is 22.8 Å². The Balaban J connectivity index is 2.04. The number of aliphatic hydroxyl groups is 1. The van der Waals surface area contributed by atoms with E-state index < -0.39 is 17.6 Å². The minimum Gasteiger partial charge on any atom is -0.395 e. The lowest BCUT2D eigenvalue weighted by molar-refractivity contribution is -0.117. The number of carbonyl (C=O) groups is 2. The fraction of sp³-hybridized carbons (Fsp3) is 0.176. The molecule has 0 aliphatic carbocycles. The van der Waals surface area contributed by atoms with Crippen LogP contribution in [0.5, 0.6) is 0 Å². The minimum atomic E-state index is -0.447. The average molecular weight is 351 g/mol. The van der Waals surface area contributed by atoms with Crippen LogP contribution in [0.3, 0.4) is 0 Å². The summed E-state index contributed by atoms with van der Waals surface area (Å²) < 4.78 is 12.9. The van der Waals surface area contributed by atoms with Crippen LogP contribution < -0.4 is 5.32 Å². The van der Waals surface area contributed by atoms with E-state index >= 15 is 0 Å². The maximum Gasteiger partial charge on any atom is 0.254 e. The number of aliphatic hydroxyl groups excluding tert-OH is 1. The van der Waals surface area contributed by atoms with Gasteiger partial charge in [-0.3, -0.25) is 9.59 Å². The van der Waals surface area contributed by atoms with E-state index in [1.54, 1.807) is 24.3 Å². The van der Waals surface area contributed by atoms with E-state index in [0.29, 0.717) is 16.3 Å². The second-order valence-electron chi connectivity index (χ2n) is 5.01. The number of carbonyl (C=O) groups excluding carboxylic acids is 2. The Bertz CT molecular complexity index is 705. The molecule has 0 saturated carbocycles. The van der Waals surface area contributed by atoms with Crippen molar-refractivity contribution in [1.82, 2.24) is 4.90 Å². The molecule has 2 amide bonds. The lowest BCUT2D eigenvalue weighted by atomic mass is 10.2. The van der Waals surface area contributed by atoms with Crippen molar-refractivity contribution in [2.24, 2.45) is 0 Å². The van der Waals surface area contributed by atoms with Crippen LogP contribution in [0, 0.1) is 5.82 Å². The highest BCUT2D eigenvalue weighted by Crippen LogP contribution is 2.12. The second kappa shape index (κ2) is 8.42. The molecule has 7 heteroatoms. The summed E-state index contributed by atoms with van der Waals surface area (Å²) in [5, 5.41) is 12.2. The number of hydrogen-bond donors (Lipinski definition) is 2. The van der Waals surface area contributed by atoms with E-state index in [-0.39, 0.29) is 19.7 Å². The summed E-state index contributed by atoms with van der Waals surface area (Å²) in [4.78, 5) is 25.7. The van der Waals surface area contributed by atoms with Crippen LogP contribution in [0.1, 0.15) is 10.4 Å². The first-order valence-corrected chi connectivity index (χ1v) is 7.58. The summed E-state index contributed by atoms with van der Waals surface area (Å²) in [7, 11) is 0. The van der Waals surface area contributed by atoms with Gasteiger partial charge in [0.25, 0.3) is 5.91 Å². The smallest absolute Gasteiger partial charge is 0.254 e.